The van der Waals surface area contributed by atoms with Crippen LogP contribution in [0.2, 0.25) is 0 Å². The van der Waals surface area contributed by atoms with E-state index in [1.165, 1.54) is 18.4 Å². The number of aromatic nitrogens is 1. The van der Waals surface area contributed by atoms with Crippen LogP contribution >= 0.6 is 0 Å². The predicted octanol–water partition coefficient (Wildman–Crippen LogP) is 2.76. The number of nitrogens with one attached hydrogen (secondary N) is 1. The second-order valence-corrected chi connectivity index (χ2v) is 7.11. The van der Waals surface area contributed by atoms with Crippen LogP contribution in [-0.4, -0.2) is 56.1 Å². The van der Waals surface area contributed by atoms with Gasteiger partial charge in [0.1, 0.15) is 5.82 Å². The Labute approximate surface area is 156 Å². The van der Waals surface area contributed by atoms with Crippen LogP contribution in [0, 0.1) is 0 Å². The first-order valence-corrected chi connectivity index (χ1v) is 9.32. The summed E-state index contributed by atoms with van der Waals surface area (Å²) in [6, 6.07) is 14.4. The fourth-order valence-corrected chi connectivity index (χ4v) is 3.47. The van der Waals surface area contributed by atoms with Gasteiger partial charge in [-0.1, -0.05) is 30.3 Å². The molecule has 1 atom stereocenters. The molecule has 2 heterocycles. The molecule has 1 aliphatic heterocycles. The molecule has 1 aromatic heterocycles. The summed E-state index contributed by atoms with van der Waals surface area (Å²) in [5.41, 5.74) is 2.03. The zero-order valence-corrected chi connectivity index (χ0v) is 15.7. The van der Waals surface area contributed by atoms with E-state index in [-0.39, 0.29) is 5.91 Å². The number of piperidine rings is 1. The topological polar surface area (TPSA) is 48.5 Å². The highest BCUT2D eigenvalue weighted by atomic mass is 16.1. The van der Waals surface area contributed by atoms with Gasteiger partial charge in [-0.05, 0) is 43.0 Å². The molecule has 0 bridgehead atoms. The lowest BCUT2D eigenvalue weighted by Gasteiger charge is -2.33. The highest BCUT2D eigenvalue weighted by Crippen LogP contribution is 2.26. The lowest BCUT2D eigenvalue weighted by atomic mass is 9.91. The Kier molecular flexibility index (Phi) is 6.23. The maximum absolute atomic E-state index is 12.3. The average molecular weight is 352 g/mol. The van der Waals surface area contributed by atoms with Gasteiger partial charge in [0.15, 0.2) is 0 Å². The SMILES string of the molecule is CN(C)c1ccc(C(=O)NCCN2CCC[C@@H](c3ccccc3)C2)cn1. The number of pyridine rings is 1. The Bertz CT molecular complexity index is 700. The number of rotatable bonds is 6. The zero-order chi connectivity index (χ0) is 18.4. The van der Waals surface area contributed by atoms with Crippen molar-refractivity contribution in [1.29, 1.82) is 0 Å². The number of likely N-dealkylation sites (tertiary alicyclic amines) is 1. The normalized spacial score (nSPS) is 17.7. The lowest BCUT2D eigenvalue weighted by molar-refractivity contribution is 0.0945. The van der Waals surface area contributed by atoms with E-state index in [0.29, 0.717) is 18.0 Å². The van der Waals surface area contributed by atoms with Gasteiger partial charge in [0.25, 0.3) is 5.91 Å². The Morgan fingerprint density at radius 2 is 2.04 bits per heavy atom. The number of nitrogens with zero attached hydrogens (tertiary/aromatic N) is 3. The molecule has 1 saturated heterocycles. The van der Waals surface area contributed by atoms with Crippen LogP contribution in [0.1, 0.15) is 34.7 Å². The van der Waals surface area contributed by atoms with Crippen LogP contribution in [0.3, 0.4) is 0 Å². The summed E-state index contributed by atoms with van der Waals surface area (Å²) in [6.07, 6.45) is 4.09. The van der Waals surface area contributed by atoms with Crippen LogP contribution in [0.5, 0.6) is 0 Å². The van der Waals surface area contributed by atoms with Crippen molar-refractivity contribution in [2.75, 3.05) is 45.2 Å². The smallest absolute Gasteiger partial charge is 0.252 e. The molecule has 0 aliphatic carbocycles. The van der Waals surface area contributed by atoms with Gasteiger partial charge in [-0.3, -0.25) is 4.79 Å². The Balaban J connectivity index is 1.46. The van der Waals surface area contributed by atoms with E-state index in [0.717, 1.165) is 25.5 Å². The fourth-order valence-electron chi connectivity index (χ4n) is 3.47. The number of anilines is 1. The molecule has 0 saturated carbocycles. The third-order valence-corrected chi connectivity index (χ3v) is 4.96. The lowest BCUT2D eigenvalue weighted by Crippen LogP contribution is -2.40. The molecule has 138 valence electrons. The molecule has 3 rings (SSSR count). The zero-order valence-electron chi connectivity index (χ0n) is 15.7. The molecular weight excluding hydrogens is 324 g/mol. The molecule has 1 aliphatic rings. The molecule has 26 heavy (non-hydrogen) atoms. The van der Waals surface area contributed by atoms with Crippen molar-refractivity contribution in [1.82, 2.24) is 15.2 Å². The molecule has 5 heteroatoms. The minimum atomic E-state index is -0.0561. The first kappa shape index (κ1) is 18.4. The Morgan fingerprint density at radius 3 is 2.73 bits per heavy atom. The summed E-state index contributed by atoms with van der Waals surface area (Å²) >= 11 is 0. The van der Waals surface area contributed by atoms with E-state index in [1.807, 2.05) is 31.1 Å². The minimum Gasteiger partial charge on any atom is -0.363 e. The van der Waals surface area contributed by atoms with E-state index in [1.54, 1.807) is 6.20 Å². The number of carbonyl (C=O) groups is 1. The van der Waals surface area contributed by atoms with Gasteiger partial charge in [-0.25, -0.2) is 4.98 Å². The van der Waals surface area contributed by atoms with Crippen molar-refractivity contribution in [3.8, 4) is 0 Å². The molecule has 0 spiro atoms. The number of amides is 1. The molecule has 1 fully saturated rings. The predicted molar refractivity (Wildman–Crippen MR) is 106 cm³/mol. The fraction of sp³-hybridized carbons (Fsp3) is 0.429. The summed E-state index contributed by atoms with van der Waals surface area (Å²) in [4.78, 5) is 20.9. The summed E-state index contributed by atoms with van der Waals surface area (Å²) in [7, 11) is 3.87. The first-order valence-electron chi connectivity index (χ1n) is 9.32. The third-order valence-electron chi connectivity index (χ3n) is 4.96. The Hall–Kier alpha value is -2.40. The minimum absolute atomic E-state index is 0.0561. The molecule has 2 aromatic rings. The first-order chi connectivity index (χ1) is 12.6. The van der Waals surface area contributed by atoms with Crippen molar-refractivity contribution in [3.05, 3.63) is 59.8 Å². The maximum atomic E-state index is 12.3. The van der Waals surface area contributed by atoms with E-state index in [2.05, 4.69) is 45.5 Å². The van der Waals surface area contributed by atoms with E-state index >= 15 is 0 Å². The van der Waals surface area contributed by atoms with Gasteiger partial charge in [0.05, 0.1) is 5.56 Å². The maximum Gasteiger partial charge on any atom is 0.252 e. The van der Waals surface area contributed by atoms with Crippen LogP contribution in [0.4, 0.5) is 5.82 Å². The van der Waals surface area contributed by atoms with Gasteiger partial charge >= 0.3 is 0 Å². The quantitative estimate of drug-likeness (QED) is 0.868. The molecule has 5 nitrogen and oxygen atoms in total. The molecule has 1 N–H and O–H groups in total. The molecule has 1 aromatic carbocycles. The van der Waals surface area contributed by atoms with Crippen molar-refractivity contribution < 1.29 is 4.79 Å². The second-order valence-electron chi connectivity index (χ2n) is 7.11. The van der Waals surface area contributed by atoms with E-state index < -0.39 is 0 Å². The van der Waals surface area contributed by atoms with E-state index in [4.69, 9.17) is 0 Å². The van der Waals surface area contributed by atoms with Crippen molar-refractivity contribution in [2.45, 2.75) is 18.8 Å². The average Bonchev–Trinajstić information content (AvgIpc) is 2.69. The van der Waals surface area contributed by atoms with Gasteiger partial charge in [0.2, 0.25) is 0 Å². The van der Waals surface area contributed by atoms with Gasteiger partial charge < -0.3 is 15.1 Å². The third kappa shape index (κ3) is 4.82. The summed E-state index contributed by atoms with van der Waals surface area (Å²) in [5.74, 6) is 1.39. The molecule has 0 radical (unpaired) electrons. The van der Waals surface area contributed by atoms with E-state index in [9.17, 15) is 4.79 Å². The van der Waals surface area contributed by atoms with Crippen LogP contribution in [-0.2, 0) is 0 Å². The van der Waals surface area contributed by atoms with Crippen LogP contribution in [0.15, 0.2) is 48.7 Å². The second kappa shape index (κ2) is 8.81. The van der Waals surface area contributed by atoms with Gasteiger partial charge in [-0.15, -0.1) is 0 Å². The molecule has 1 amide bonds. The number of hydrogen-bond acceptors (Lipinski definition) is 4. The monoisotopic (exact) mass is 352 g/mol. The molecular formula is C21H28N4O. The van der Waals surface area contributed by atoms with Crippen molar-refractivity contribution in [3.63, 3.8) is 0 Å². The standard InChI is InChI=1S/C21H28N4O/c1-24(2)20-11-10-18(15-23-20)21(26)22-12-14-25-13-6-9-19(16-25)17-7-4-3-5-8-17/h3-5,7-8,10-11,15,19H,6,9,12-14,16H2,1-2H3,(H,22,26)/t19-/m1/s1. The largest absolute Gasteiger partial charge is 0.363 e. The highest BCUT2D eigenvalue weighted by molar-refractivity contribution is 5.94. The van der Waals surface area contributed by atoms with Crippen LogP contribution in [0.25, 0.3) is 0 Å². The number of hydrogen-bond donors (Lipinski definition) is 1. The Morgan fingerprint density at radius 1 is 1.23 bits per heavy atom. The summed E-state index contributed by atoms with van der Waals surface area (Å²) < 4.78 is 0. The number of benzene rings is 1. The van der Waals surface area contributed by atoms with Crippen LogP contribution < -0.4 is 10.2 Å². The highest BCUT2D eigenvalue weighted by Gasteiger charge is 2.20. The van der Waals surface area contributed by atoms with Gasteiger partial charge in [0, 0.05) is 39.9 Å². The van der Waals surface area contributed by atoms with Crippen molar-refractivity contribution >= 4 is 11.7 Å². The van der Waals surface area contributed by atoms with Crippen molar-refractivity contribution in [2.24, 2.45) is 0 Å². The summed E-state index contributed by atoms with van der Waals surface area (Å²) in [6.45, 7) is 3.73. The molecule has 0 unspecified atom stereocenters. The van der Waals surface area contributed by atoms with Gasteiger partial charge in [-0.2, -0.15) is 0 Å². The number of carbonyl (C=O) groups excluding carboxylic acids is 1. The summed E-state index contributed by atoms with van der Waals surface area (Å²) in [5, 5.41) is 3.02.